The first-order valence-electron chi connectivity index (χ1n) is 5.39. The Labute approximate surface area is 98.9 Å². The van der Waals surface area contributed by atoms with Crippen molar-refractivity contribution in [1.82, 2.24) is 0 Å². The molecule has 0 aliphatic heterocycles. The van der Waals surface area contributed by atoms with Crippen LogP contribution in [0.2, 0.25) is 0 Å². The molecule has 0 unspecified atom stereocenters. The summed E-state index contributed by atoms with van der Waals surface area (Å²) in [5, 5.41) is 0. The minimum atomic E-state index is -0.110. The Morgan fingerprint density at radius 2 is 2.07 bits per heavy atom. The normalized spacial score (nSPS) is 19.1. The molecule has 0 spiro atoms. The van der Waals surface area contributed by atoms with Gasteiger partial charge in [0.25, 0.3) is 0 Å². The van der Waals surface area contributed by atoms with Crippen molar-refractivity contribution in [3.8, 4) is 5.75 Å². The summed E-state index contributed by atoms with van der Waals surface area (Å²) in [5.74, 6) is 0.914. The van der Waals surface area contributed by atoms with Crippen LogP contribution < -0.4 is 10.5 Å². The van der Waals surface area contributed by atoms with Crippen LogP contribution in [0.5, 0.6) is 5.75 Å². The number of ether oxygens (including phenoxy) is 1. The van der Waals surface area contributed by atoms with Gasteiger partial charge in [-0.2, -0.15) is 0 Å². The molecule has 2 rings (SSSR count). The van der Waals surface area contributed by atoms with Crippen molar-refractivity contribution in [3.63, 3.8) is 0 Å². The van der Waals surface area contributed by atoms with E-state index < -0.39 is 0 Å². The number of nitrogens with two attached hydrogens (primary N) is 1. The van der Waals surface area contributed by atoms with Gasteiger partial charge in [0.1, 0.15) is 11.4 Å². The quantitative estimate of drug-likeness (QED) is 0.916. The molecule has 1 aliphatic carbocycles. The lowest BCUT2D eigenvalue weighted by Crippen LogP contribution is -2.40. The lowest BCUT2D eigenvalue weighted by molar-refractivity contribution is 0.0852. The molecule has 0 atom stereocenters. The summed E-state index contributed by atoms with van der Waals surface area (Å²) in [6.45, 7) is 0.611. The standard InChI is InChI=1S/C12H16BrNO/c13-10-4-3-5-11(8-10)15-12(9-14)6-1-2-7-12/h3-5,8H,1-2,6-7,9,14H2. The lowest BCUT2D eigenvalue weighted by Gasteiger charge is -2.28. The van der Waals surface area contributed by atoms with Gasteiger partial charge in [-0.3, -0.25) is 0 Å². The molecule has 0 radical (unpaired) electrons. The van der Waals surface area contributed by atoms with Crippen molar-refractivity contribution >= 4 is 15.9 Å². The fourth-order valence-corrected chi connectivity index (χ4v) is 2.53. The summed E-state index contributed by atoms with van der Waals surface area (Å²) in [4.78, 5) is 0. The molecule has 1 fully saturated rings. The van der Waals surface area contributed by atoms with Crippen LogP contribution in [0.25, 0.3) is 0 Å². The van der Waals surface area contributed by atoms with Crippen LogP contribution in [-0.4, -0.2) is 12.1 Å². The maximum Gasteiger partial charge on any atom is 0.121 e. The molecule has 1 aromatic carbocycles. The Kier molecular flexibility index (Phi) is 3.32. The predicted octanol–water partition coefficient (Wildman–Crippen LogP) is 3.10. The number of hydrogen-bond acceptors (Lipinski definition) is 2. The minimum absolute atomic E-state index is 0.110. The van der Waals surface area contributed by atoms with E-state index in [-0.39, 0.29) is 5.60 Å². The minimum Gasteiger partial charge on any atom is -0.486 e. The first-order valence-corrected chi connectivity index (χ1v) is 6.18. The highest BCUT2D eigenvalue weighted by atomic mass is 79.9. The fourth-order valence-electron chi connectivity index (χ4n) is 2.15. The van der Waals surface area contributed by atoms with Crippen LogP contribution in [0.1, 0.15) is 25.7 Å². The van der Waals surface area contributed by atoms with Gasteiger partial charge in [-0.1, -0.05) is 22.0 Å². The van der Waals surface area contributed by atoms with Gasteiger partial charge in [-0.25, -0.2) is 0 Å². The Hall–Kier alpha value is -0.540. The summed E-state index contributed by atoms with van der Waals surface area (Å²) in [5.41, 5.74) is 5.71. The largest absolute Gasteiger partial charge is 0.486 e. The molecule has 82 valence electrons. The Balaban J connectivity index is 2.12. The SMILES string of the molecule is NCC1(Oc2cccc(Br)c2)CCCC1. The van der Waals surface area contributed by atoms with Gasteiger partial charge in [0.05, 0.1) is 0 Å². The maximum atomic E-state index is 6.04. The highest BCUT2D eigenvalue weighted by Crippen LogP contribution is 2.34. The molecule has 0 heterocycles. The van der Waals surface area contributed by atoms with E-state index in [9.17, 15) is 0 Å². The zero-order chi connectivity index (χ0) is 10.7. The molecule has 0 amide bonds. The summed E-state index contributed by atoms with van der Waals surface area (Å²) in [6.07, 6.45) is 4.61. The smallest absolute Gasteiger partial charge is 0.121 e. The Morgan fingerprint density at radius 1 is 1.33 bits per heavy atom. The van der Waals surface area contributed by atoms with Crippen LogP contribution in [0, 0.1) is 0 Å². The third kappa shape index (κ3) is 2.52. The average Bonchev–Trinajstić information content (AvgIpc) is 2.67. The van der Waals surface area contributed by atoms with E-state index in [2.05, 4.69) is 15.9 Å². The molecule has 1 aromatic rings. The van der Waals surface area contributed by atoms with Crippen LogP contribution >= 0.6 is 15.9 Å². The molecule has 2 nitrogen and oxygen atoms in total. The van der Waals surface area contributed by atoms with Gasteiger partial charge < -0.3 is 10.5 Å². The molecule has 3 heteroatoms. The second kappa shape index (κ2) is 4.54. The Bertz CT molecular complexity index is 334. The highest BCUT2D eigenvalue weighted by molar-refractivity contribution is 9.10. The first-order chi connectivity index (χ1) is 7.24. The van der Waals surface area contributed by atoms with Gasteiger partial charge in [-0.05, 0) is 43.9 Å². The van der Waals surface area contributed by atoms with Crippen molar-refractivity contribution in [2.24, 2.45) is 5.73 Å². The fraction of sp³-hybridized carbons (Fsp3) is 0.500. The van der Waals surface area contributed by atoms with Crippen molar-refractivity contribution < 1.29 is 4.74 Å². The zero-order valence-corrected chi connectivity index (χ0v) is 10.3. The number of benzene rings is 1. The van der Waals surface area contributed by atoms with Crippen molar-refractivity contribution in [3.05, 3.63) is 28.7 Å². The van der Waals surface area contributed by atoms with Crippen LogP contribution in [0.3, 0.4) is 0 Å². The molecule has 0 aromatic heterocycles. The average molecular weight is 270 g/mol. The number of halogens is 1. The molecule has 1 aliphatic rings. The van der Waals surface area contributed by atoms with E-state index in [1.165, 1.54) is 12.8 Å². The summed E-state index contributed by atoms with van der Waals surface area (Å²) < 4.78 is 7.08. The van der Waals surface area contributed by atoms with E-state index in [0.717, 1.165) is 23.1 Å². The number of hydrogen-bond donors (Lipinski definition) is 1. The second-order valence-corrected chi connectivity index (χ2v) is 5.07. The Morgan fingerprint density at radius 3 is 2.67 bits per heavy atom. The van der Waals surface area contributed by atoms with Gasteiger partial charge in [0.2, 0.25) is 0 Å². The lowest BCUT2D eigenvalue weighted by atomic mass is 10.0. The van der Waals surface area contributed by atoms with Crippen molar-refractivity contribution in [1.29, 1.82) is 0 Å². The van der Waals surface area contributed by atoms with E-state index in [0.29, 0.717) is 6.54 Å². The second-order valence-electron chi connectivity index (χ2n) is 4.15. The predicted molar refractivity (Wildman–Crippen MR) is 65.0 cm³/mol. The molecular weight excluding hydrogens is 254 g/mol. The molecule has 15 heavy (non-hydrogen) atoms. The maximum absolute atomic E-state index is 6.04. The highest BCUT2D eigenvalue weighted by Gasteiger charge is 2.34. The van der Waals surface area contributed by atoms with Gasteiger partial charge in [0, 0.05) is 11.0 Å². The van der Waals surface area contributed by atoms with E-state index in [1.54, 1.807) is 0 Å². The molecule has 1 saturated carbocycles. The topological polar surface area (TPSA) is 35.2 Å². The van der Waals surface area contributed by atoms with E-state index in [1.807, 2.05) is 24.3 Å². The molecular formula is C12H16BrNO. The summed E-state index contributed by atoms with van der Waals surface area (Å²) in [7, 11) is 0. The zero-order valence-electron chi connectivity index (χ0n) is 8.71. The van der Waals surface area contributed by atoms with Crippen LogP contribution in [0.15, 0.2) is 28.7 Å². The summed E-state index contributed by atoms with van der Waals surface area (Å²) >= 11 is 3.44. The first kappa shape index (κ1) is 11.0. The number of rotatable bonds is 3. The van der Waals surface area contributed by atoms with E-state index >= 15 is 0 Å². The van der Waals surface area contributed by atoms with Crippen molar-refractivity contribution in [2.75, 3.05) is 6.54 Å². The molecule has 0 saturated heterocycles. The van der Waals surface area contributed by atoms with E-state index in [4.69, 9.17) is 10.5 Å². The summed E-state index contributed by atoms with van der Waals surface area (Å²) in [6, 6.07) is 7.96. The van der Waals surface area contributed by atoms with Crippen LogP contribution in [-0.2, 0) is 0 Å². The third-order valence-corrected chi connectivity index (χ3v) is 3.51. The molecule has 0 bridgehead atoms. The van der Waals surface area contributed by atoms with Gasteiger partial charge in [-0.15, -0.1) is 0 Å². The van der Waals surface area contributed by atoms with Crippen molar-refractivity contribution in [2.45, 2.75) is 31.3 Å². The molecule has 2 N–H and O–H groups in total. The monoisotopic (exact) mass is 269 g/mol. The van der Waals surface area contributed by atoms with Gasteiger partial charge >= 0.3 is 0 Å². The van der Waals surface area contributed by atoms with Crippen LogP contribution in [0.4, 0.5) is 0 Å². The van der Waals surface area contributed by atoms with Gasteiger partial charge in [0.15, 0.2) is 0 Å². The third-order valence-electron chi connectivity index (χ3n) is 3.02.